The Kier molecular flexibility index (Phi) is 4.45. The zero-order valence-electron chi connectivity index (χ0n) is 10.9. The van der Waals surface area contributed by atoms with E-state index in [0.29, 0.717) is 0 Å². The van der Waals surface area contributed by atoms with Crippen LogP contribution in [0.15, 0.2) is 12.2 Å². The third-order valence-electron chi connectivity index (χ3n) is 4.35. The molecule has 0 saturated heterocycles. The molecule has 2 aliphatic carbocycles. The van der Waals surface area contributed by atoms with E-state index in [1.54, 1.807) is 0 Å². The number of fused-ring (bicyclic) bond motifs is 1. The first-order valence-electron chi connectivity index (χ1n) is 7.24. The van der Waals surface area contributed by atoms with Crippen molar-refractivity contribution < 1.29 is 0 Å². The van der Waals surface area contributed by atoms with Crippen LogP contribution in [0, 0.1) is 11.8 Å². The lowest BCUT2D eigenvalue weighted by molar-refractivity contribution is 0.150. The second-order valence-corrected chi connectivity index (χ2v) is 5.76. The third kappa shape index (κ3) is 2.88. The summed E-state index contributed by atoms with van der Waals surface area (Å²) in [6.45, 7) is 4.64. The number of hydrogen-bond donors (Lipinski definition) is 1. The van der Waals surface area contributed by atoms with E-state index in [9.17, 15) is 0 Å². The summed E-state index contributed by atoms with van der Waals surface area (Å²) in [7, 11) is 0. The summed E-state index contributed by atoms with van der Waals surface area (Å²) in [5.41, 5.74) is 0. The van der Waals surface area contributed by atoms with Crippen molar-refractivity contribution in [3.63, 3.8) is 0 Å². The second-order valence-electron chi connectivity index (χ2n) is 5.76. The molecule has 0 heterocycles. The van der Waals surface area contributed by atoms with Gasteiger partial charge in [0.25, 0.3) is 0 Å². The summed E-state index contributed by atoms with van der Waals surface area (Å²) in [5, 5.41) is 3.81. The standard InChI is InChI=1S/C15H27N/c1-3-4-5-6-8-12(2)16-15-11-13-9-7-10-14(13)15/h7,10,12-16H,3-6,8-9,11H2,1-2H3. The van der Waals surface area contributed by atoms with Crippen LogP contribution < -0.4 is 5.32 Å². The molecule has 1 saturated carbocycles. The van der Waals surface area contributed by atoms with Gasteiger partial charge in [-0.1, -0.05) is 44.8 Å². The van der Waals surface area contributed by atoms with Gasteiger partial charge in [-0.05, 0) is 38.0 Å². The Morgan fingerprint density at radius 3 is 2.94 bits per heavy atom. The van der Waals surface area contributed by atoms with Gasteiger partial charge >= 0.3 is 0 Å². The van der Waals surface area contributed by atoms with Crippen LogP contribution in [0.25, 0.3) is 0 Å². The fourth-order valence-corrected chi connectivity index (χ4v) is 3.23. The molecule has 4 unspecified atom stereocenters. The lowest BCUT2D eigenvalue weighted by Gasteiger charge is -2.42. The molecule has 0 radical (unpaired) electrons. The number of hydrogen-bond acceptors (Lipinski definition) is 1. The van der Waals surface area contributed by atoms with E-state index < -0.39 is 0 Å². The van der Waals surface area contributed by atoms with Crippen LogP contribution in [0.4, 0.5) is 0 Å². The molecule has 0 aromatic carbocycles. The number of rotatable bonds is 7. The van der Waals surface area contributed by atoms with E-state index in [2.05, 4.69) is 31.3 Å². The van der Waals surface area contributed by atoms with Gasteiger partial charge in [0.2, 0.25) is 0 Å². The van der Waals surface area contributed by atoms with Gasteiger partial charge in [0.05, 0.1) is 0 Å². The van der Waals surface area contributed by atoms with Crippen molar-refractivity contribution in [1.29, 1.82) is 0 Å². The van der Waals surface area contributed by atoms with Gasteiger partial charge in [0.15, 0.2) is 0 Å². The summed E-state index contributed by atoms with van der Waals surface area (Å²) in [5.74, 6) is 1.86. The van der Waals surface area contributed by atoms with E-state index in [1.807, 2.05) is 0 Å². The summed E-state index contributed by atoms with van der Waals surface area (Å²) in [6, 6.07) is 1.52. The van der Waals surface area contributed by atoms with Crippen LogP contribution in [0.5, 0.6) is 0 Å². The number of unbranched alkanes of at least 4 members (excludes halogenated alkanes) is 3. The SMILES string of the molecule is CCCCCCC(C)NC1CC2CC=CC21. The highest BCUT2D eigenvalue weighted by molar-refractivity contribution is 5.13. The Morgan fingerprint density at radius 2 is 2.19 bits per heavy atom. The lowest BCUT2D eigenvalue weighted by atomic mass is 9.71. The van der Waals surface area contributed by atoms with Gasteiger partial charge in [-0.15, -0.1) is 0 Å². The van der Waals surface area contributed by atoms with Crippen molar-refractivity contribution >= 4 is 0 Å². The maximum absolute atomic E-state index is 3.81. The molecule has 16 heavy (non-hydrogen) atoms. The van der Waals surface area contributed by atoms with Gasteiger partial charge < -0.3 is 5.32 Å². The Morgan fingerprint density at radius 1 is 1.31 bits per heavy atom. The Bertz CT molecular complexity index is 234. The molecule has 0 aromatic rings. The van der Waals surface area contributed by atoms with E-state index in [-0.39, 0.29) is 0 Å². The highest BCUT2D eigenvalue weighted by Crippen LogP contribution is 2.42. The molecule has 92 valence electrons. The minimum Gasteiger partial charge on any atom is -0.311 e. The van der Waals surface area contributed by atoms with Crippen molar-refractivity contribution in [3.8, 4) is 0 Å². The van der Waals surface area contributed by atoms with Gasteiger partial charge in [-0.25, -0.2) is 0 Å². The first-order valence-corrected chi connectivity index (χ1v) is 7.24. The van der Waals surface area contributed by atoms with Crippen molar-refractivity contribution in [1.82, 2.24) is 5.32 Å². The predicted molar refractivity (Wildman–Crippen MR) is 70.5 cm³/mol. The molecule has 2 aliphatic rings. The van der Waals surface area contributed by atoms with E-state index >= 15 is 0 Å². The Balaban J connectivity index is 1.57. The predicted octanol–water partition coefficient (Wildman–Crippen LogP) is 3.90. The molecule has 4 atom stereocenters. The molecule has 1 N–H and O–H groups in total. The lowest BCUT2D eigenvalue weighted by Crippen LogP contribution is -2.51. The topological polar surface area (TPSA) is 12.0 Å². The third-order valence-corrected chi connectivity index (χ3v) is 4.35. The number of allylic oxidation sites excluding steroid dienone is 1. The van der Waals surface area contributed by atoms with Crippen molar-refractivity contribution in [2.75, 3.05) is 0 Å². The average Bonchev–Trinajstić information content (AvgIpc) is 2.63. The quantitative estimate of drug-likeness (QED) is 0.508. The zero-order chi connectivity index (χ0) is 11.4. The molecule has 1 heteroatoms. The monoisotopic (exact) mass is 221 g/mol. The molecular formula is C15H27N. The molecule has 0 spiro atoms. The van der Waals surface area contributed by atoms with Crippen LogP contribution in [0.1, 0.15) is 58.8 Å². The Hall–Kier alpha value is -0.300. The molecule has 0 bridgehead atoms. The first-order chi connectivity index (χ1) is 7.81. The largest absolute Gasteiger partial charge is 0.311 e. The summed E-state index contributed by atoms with van der Waals surface area (Å²) >= 11 is 0. The van der Waals surface area contributed by atoms with Crippen LogP contribution in [0.2, 0.25) is 0 Å². The van der Waals surface area contributed by atoms with E-state index in [0.717, 1.165) is 23.9 Å². The fraction of sp³-hybridized carbons (Fsp3) is 0.867. The molecule has 0 aliphatic heterocycles. The van der Waals surface area contributed by atoms with Crippen molar-refractivity contribution in [2.45, 2.75) is 70.9 Å². The van der Waals surface area contributed by atoms with Crippen molar-refractivity contribution in [3.05, 3.63) is 12.2 Å². The van der Waals surface area contributed by atoms with Gasteiger partial charge in [-0.3, -0.25) is 0 Å². The second kappa shape index (κ2) is 5.86. The normalized spacial score (nSPS) is 33.5. The smallest absolute Gasteiger partial charge is 0.0138 e. The van der Waals surface area contributed by atoms with E-state index in [1.165, 1.54) is 44.9 Å². The summed E-state index contributed by atoms with van der Waals surface area (Å²) in [4.78, 5) is 0. The van der Waals surface area contributed by atoms with Crippen molar-refractivity contribution in [2.24, 2.45) is 11.8 Å². The molecule has 2 rings (SSSR count). The molecule has 0 aromatic heterocycles. The minimum atomic E-state index is 0.719. The minimum absolute atomic E-state index is 0.719. The van der Waals surface area contributed by atoms with Gasteiger partial charge in [-0.2, -0.15) is 0 Å². The zero-order valence-corrected chi connectivity index (χ0v) is 10.9. The highest BCUT2D eigenvalue weighted by atomic mass is 15.0. The maximum atomic E-state index is 3.81. The van der Waals surface area contributed by atoms with Crippen LogP contribution in [-0.2, 0) is 0 Å². The highest BCUT2D eigenvalue weighted by Gasteiger charge is 2.40. The number of nitrogens with one attached hydrogen (secondary N) is 1. The Labute approximate surface area is 101 Å². The molecule has 1 fully saturated rings. The average molecular weight is 221 g/mol. The first kappa shape index (κ1) is 12.2. The van der Waals surface area contributed by atoms with Crippen LogP contribution >= 0.6 is 0 Å². The molecule has 1 nitrogen and oxygen atoms in total. The van der Waals surface area contributed by atoms with Gasteiger partial charge in [0.1, 0.15) is 0 Å². The van der Waals surface area contributed by atoms with Gasteiger partial charge in [0, 0.05) is 12.1 Å². The van der Waals surface area contributed by atoms with Crippen LogP contribution in [-0.4, -0.2) is 12.1 Å². The summed E-state index contributed by atoms with van der Waals surface area (Å²) < 4.78 is 0. The maximum Gasteiger partial charge on any atom is 0.0138 e. The molecule has 0 amide bonds. The van der Waals surface area contributed by atoms with E-state index in [4.69, 9.17) is 0 Å². The fourth-order valence-electron chi connectivity index (χ4n) is 3.23. The summed E-state index contributed by atoms with van der Waals surface area (Å²) in [6.07, 6.45) is 14.5. The molecular weight excluding hydrogens is 194 g/mol. The van der Waals surface area contributed by atoms with Crippen LogP contribution in [0.3, 0.4) is 0 Å².